The Balaban J connectivity index is 1.53. The fourth-order valence-electron chi connectivity index (χ4n) is 2.84. The molecule has 1 N–H and O–H groups in total. The summed E-state index contributed by atoms with van der Waals surface area (Å²) in [6.45, 7) is 4.82. The fraction of sp³-hybridized carbons (Fsp3) is 0.368. The fourth-order valence-corrected chi connectivity index (χ4v) is 2.84. The minimum atomic E-state index is -0.0601. The molecular formula is C19H23N3O3. The molecule has 3 rings (SSSR count). The van der Waals surface area contributed by atoms with Crippen LogP contribution in [0.5, 0.6) is 0 Å². The number of rotatable bonds is 4. The molecule has 0 bridgehead atoms. The van der Waals surface area contributed by atoms with E-state index < -0.39 is 0 Å². The molecule has 0 saturated carbocycles. The van der Waals surface area contributed by atoms with E-state index in [2.05, 4.69) is 5.32 Å². The van der Waals surface area contributed by atoms with Gasteiger partial charge < -0.3 is 19.5 Å². The predicted molar refractivity (Wildman–Crippen MR) is 95.5 cm³/mol. The lowest BCUT2D eigenvalue weighted by molar-refractivity contribution is -0.00351. The van der Waals surface area contributed by atoms with Crippen LogP contribution in [-0.2, 0) is 17.8 Å². The Morgan fingerprint density at radius 1 is 1.20 bits per heavy atom. The van der Waals surface area contributed by atoms with Crippen molar-refractivity contribution in [3.8, 4) is 0 Å². The number of amides is 2. The number of morpholine rings is 1. The molecule has 6 nitrogen and oxygen atoms in total. The average molecular weight is 341 g/mol. The Kier molecular flexibility index (Phi) is 5.50. The second kappa shape index (κ2) is 7.98. The summed E-state index contributed by atoms with van der Waals surface area (Å²) in [4.78, 5) is 25.7. The van der Waals surface area contributed by atoms with Crippen molar-refractivity contribution < 1.29 is 9.53 Å². The number of hydrogen-bond donors (Lipinski definition) is 1. The van der Waals surface area contributed by atoms with Gasteiger partial charge in [-0.15, -0.1) is 0 Å². The topological polar surface area (TPSA) is 63.6 Å². The van der Waals surface area contributed by atoms with Gasteiger partial charge in [0.1, 0.15) is 0 Å². The number of urea groups is 1. The highest BCUT2D eigenvalue weighted by atomic mass is 16.5. The van der Waals surface area contributed by atoms with Gasteiger partial charge in [0.25, 0.3) is 5.56 Å². The quantitative estimate of drug-likeness (QED) is 0.923. The molecule has 0 unspecified atom stereocenters. The summed E-state index contributed by atoms with van der Waals surface area (Å²) in [5, 5.41) is 2.94. The zero-order valence-corrected chi connectivity index (χ0v) is 14.4. The van der Waals surface area contributed by atoms with Crippen LogP contribution in [0.2, 0.25) is 0 Å². The van der Waals surface area contributed by atoms with Gasteiger partial charge in [0.15, 0.2) is 0 Å². The van der Waals surface area contributed by atoms with E-state index >= 15 is 0 Å². The highest BCUT2D eigenvalue weighted by molar-refractivity contribution is 5.74. The van der Waals surface area contributed by atoms with Gasteiger partial charge in [-0.1, -0.05) is 30.3 Å². The van der Waals surface area contributed by atoms with Crippen molar-refractivity contribution in [1.82, 2.24) is 14.8 Å². The molecule has 2 aromatic rings. The van der Waals surface area contributed by atoms with Crippen molar-refractivity contribution in [2.75, 3.05) is 19.7 Å². The molecule has 6 heteroatoms. The van der Waals surface area contributed by atoms with E-state index in [4.69, 9.17) is 4.74 Å². The highest BCUT2D eigenvalue weighted by Crippen LogP contribution is 2.07. The van der Waals surface area contributed by atoms with Crippen molar-refractivity contribution in [3.05, 3.63) is 70.1 Å². The summed E-state index contributed by atoms with van der Waals surface area (Å²) in [6.07, 6.45) is 1.86. The molecule has 132 valence electrons. The Morgan fingerprint density at radius 3 is 2.68 bits per heavy atom. The minimum Gasteiger partial charge on any atom is -0.375 e. The number of hydrogen-bond acceptors (Lipinski definition) is 3. The Bertz CT molecular complexity index is 770. The van der Waals surface area contributed by atoms with Crippen LogP contribution >= 0.6 is 0 Å². The summed E-state index contributed by atoms with van der Waals surface area (Å²) < 4.78 is 7.11. The van der Waals surface area contributed by atoms with E-state index in [-0.39, 0.29) is 17.7 Å². The number of aromatic nitrogens is 1. The summed E-state index contributed by atoms with van der Waals surface area (Å²) in [5.41, 5.74) is 2.06. The maximum Gasteiger partial charge on any atom is 0.317 e. The third kappa shape index (κ3) is 4.70. The first-order chi connectivity index (χ1) is 12.1. The number of ether oxygens (including phenoxy) is 1. The van der Waals surface area contributed by atoms with Gasteiger partial charge in [-0.25, -0.2) is 4.79 Å². The van der Waals surface area contributed by atoms with Crippen molar-refractivity contribution in [2.24, 2.45) is 0 Å². The van der Waals surface area contributed by atoms with Gasteiger partial charge in [-0.3, -0.25) is 4.79 Å². The lowest BCUT2D eigenvalue weighted by Gasteiger charge is -2.31. The maximum absolute atomic E-state index is 12.2. The highest BCUT2D eigenvalue weighted by Gasteiger charge is 2.20. The first kappa shape index (κ1) is 17.2. The van der Waals surface area contributed by atoms with Gasteiger partial charge in [0.05, 0.1) is 19.3 Å². The molecule has 25 heavy (non-hydrogen) atoms. The summed E-state index contributed by atoms with van der Waals surface area (Å²) in [7, 11) is 0. The van der Waals surface area contributed by atoms with Crippen molar-refractivity contribution in [1.29, 1.82) is 0 Å². The molecule has 1 aliphatic heterocycles. The van der Waals surface area contributed by atoms with Gasteiger partial charge in [-0.2, -0.15) is 0 Å². The minimum absolute atomic E-state index is 0.0152. The summed E-state index contributed by atoms with van der Waals surface area (Å²) >= 11 is 0. The van der Waals surface area contributed by atoms with E-state index in [1.807, 2.05) is 37.3 Å². The molecule has 1 aromatic carbocycles. The standard InChI is InChI=1S/C19H23N3O3/c1-15-13-22(10-11-25-15)19(24)20-12-16-5-7-17(8-6-16)14-21-9-3-2-4-18(21)23/h2-9,15H,10-14H2,1H3,(H,20,24)/t15-/m1/s1. The van der Waals surface area contributed by atoms with E-state index in [0.717, 1.165) is 11.1 Å². The number of nitrogens with zero attached hydrogens (tertiary/aromatic N) is 2. The van der Waals surface area contributed by atoms with Crippen LogP contribution in [0.1, 0.15) is 18.1 Å². The van der Waals surface area contributed by atoms with Gasteiger partial charge in [-0.05, 0) is 24.1 Å². The number of carbonyl (C=O) groups excluding carboxylic acids is 1. The molecule has 0 radical (unpaired) electrons. The van der Waals surface area contributed by atoms with Crippen LogP contribution < -0.4 is 10.9 Å². The molecule has 0 spiro atoms. The van der Waals surface area contributed by atoms with E-state index in [1.54, 1.807) is 27.8 Å². The van der Waals surface area contributed by atoms with Crippen LogP contribution in [0.3, 0.4) is 0 Å². The normalized spacial score (nSPS) is 17.3. The number of pyridine rings is 1. The van der Waals surface area contributed by atoms with E-state index in [9.17, 15) is 9.59 Å². The zero-order valence-electron chi connectivity index (χ0n) is 14.4. The number of nitrogens with one attached hydrogen (secondary N) is 1. The summed E-state index contributed by atoms with van der Waals surface area (Å²) in [5.74, 6) is 0. The zero-order chi connectivity index (χ0) is 17.6. The molecule has 2 heterocycles. The third-order valence-corrected chi connectivity index (χ3v) is 4.25. The Hall–Kier alpha value is -2.60. The molecule has 0 aliphatic carbocycles. The van der Waals surface area contributed by atoms with Gasteiger partial charge in [0.2, 0.25) is 0 Å². The number of benzene rings is 1. The molecule has 1 fully saturated rings. The number of carbonyl (C=O) groups is 1. The summed E-state index contributed by atoms with van der Waals surface area (Å²) in [6, 6.07) is 13.0. The molecular weight excluding hydrogens is 318 g/mol. The first-order valence-corrected chi connectivity index (χ1v) is 8.49. The van der Waals surface area contributed by atoms with Gasteiger partial charge >= 0.3 is 6.03 Å². The van der Waals surface area contributed by atoms with E-state index in [0.29, 0.717) is 32.8 Å². The SMILES string of the molecule is C[C@@H]1CN(C(=O)NCc2ccc(Cn3ccccc3=O)cc2)CCO1. The maximum atomic E-state index is 12.2. The second-order valence-electron chi connectivity index (χ2n) is 6.27. The molecule has 2 amide bonds. The van der Waals surface area contributed by atoms with Crippen molar-refractivity contribution in [2.45, 2.75) is 26.1 Å². The third-order valence-electron chi connectivity index (χ3n) is 4.25. The average Bonchev–Trinajstić information content (AvgIpc) is 2.63. The van der Waals surface area contributed by atoms with Crippen LogP contribution in [0.4, 0.5) is 4.79 Å². The van der Waals surface area contributed by atoms with Crippen molar-refractivity contribution >= 4 is 6.03 Å². The molecule has 1 saturated heterocycles. The molecule has 1 aliphatic rings. The van der Waals surface area contributed by atoms with Crippen molar-refractivity contribution in [3.63, 3.8) is 0 Å². The van der Waals surface area contributed by atoms with Crippen LogP contribution in [0.25, 0.3) is 0 Å². The van der Waals surface area contributed by atoms with E-state index in [1.165, 1.54) is 0 Å². The first-order valence-electron chi connectivity index (χ1n) is 8.49. The largest absolute Gasteiger partial charge is 0.375 e. The molecule has 1 atom stereocenters. The Morgan fingerprint density at radius 2 is 1.96 bits per heavy atom. The lowest BCUT2D eigenvalue weighted by atomic mass is 10.1. The predicted octanol–water partition coefficient (Wildman–Crippen LogP) is 1.83. The lowest BCUT2D eigenvalue weighted by Crippen LogP contribution is -2.48. The van der Waals surface area contributed by atoms with Crippen LogP contribution in [-0.4, -0.2) is 41.3 Å². The van der Waals surface area contributed by atoms with Crippen LogP contribution in [0, 0.1) is 0 Å². The monoisotopic (exact) mass is 341 g/mol. The smallest absolute Gasteiger partial charge is 0.317 e. The van der Waals surface area contributed by atoms with Crippen LogP contribution in [0.15, 0.2) is 53.5 Å². The molecule has 1 aromatic heterocycles. The van der Waals surface area contributed by atoms with Gasteiger partial charge in [0, 0.05) is 31.9 Å². The second-order valence-corrected chi connectivity index (χ2v) is 6.27. The Labute approximate surface area is 147 Å².